The van der Waals surface area contributed by atoms with Gasteiger partial charge in [0.05, 0.1) is 6.54 Å². The molecule has 1 unspecified atom stereocenters. The molecule has 0 aromatic rings. The largest absolute Gasteiger partial charge is 0.359 e. The van der Waals surface area contributed by atoms with Gasteiger partial charge in [-0.15, -0.1) is 0 Å². The minimum atomic E-state index is -0.161. The van der Waals surface area contributed by atoms with E-state index in [0.717, 1.165) is 17.3 Å². The first kappa shape index (κ1) is 15.3. The van der Waals surface area contributed by atoms with E-state index >= 15 is 0 Å². The number of thioether (sulfide) groups is 1. The van der Waals surface area contributed by atoms with E-state index in [4.69, 9.17) is 0 Å². The van der Waals surface area contributed by atoms with Crippen LogP contribution >= 0.6 is 11.8 Å². The third-order valence-electron chi connectivity index (χ3n) is 2.83. The quantitative estimate of drug-likeness (QED) is 0.824. The molecule has 2 N–H and O–H groups in total. The first-order chi connectivity index (χ1) is 8.24. The summed E-state index contributed by atoms with van der Waals surface area (Å²) in [6.45, 7) is 10.9. The molecule has 1 amide bonds. The minimum Gasteiger partial charge on any atom is -0.359 e. The van der Waals surface area contributed by atoms with Gasteiger partial charge < -0.3 is 10.6 Å². The number of carbonyl (C=O) groups is 1. The van der Waals surface area contributed by atoms with E-state index in [2.05, 4.69) is 29.5 Å². The van der Waals surface area contributed by atoms with Crippen molar-refractivity contribution in [3.8, 4) is 0 Å². The van der Waals surface area contributed by atoms with E-state index in [1.807, 2.05) is 20.8 Å². The molecule has 1 aliphatic heterocycles. The van der Waals surface area contributed by atoms with Gasteiger partial charge in [0.25, 0.3) is 0 Å². The summed E-state index contributed by atoms with van der Waals surface area (Å²) in [5.41, 5.74) is 0.00252. The summed E-state index contributed by atoms with van der Waals surface area (Å²) in [5, 5.41) is 7.33. The average molecular weight is 271 g/mol. The molecule has 1 fully saturated rings. The third-order valence-corrected chi connectivity index (χ3v) is 4.11. The second kappa shape index (κ2) is 5.95. The highest BCUT2D eigenvalue weighted by Gasteiger charge is 2.30. The highest BCUT2D eigenvalue weighted by molar-refractivity contribution is 8.14. The zero-order chi connectivity index (χ0) is 13.8. The number of hydrogen-bond acceptors (Lipinski definition) is 3. The number of hydrogen-bond donors (Lipinski definition) is 2. The SMILES string of the molecule is CCC1(C)CSC(=NCCC(=O)NC(C)(C)C)N1. The van der Waals surface area contributed by atoms with Crippen LogP contribution in [0.5, 0.6) is 0 Å². The molecule has 18 heavy (non-hydrogen) atoms. The molecule has 0 aromatic heterocycles. The number of nitrogens with zero attached hydrogens (tertiary/aromatic N) is 1. The van der Waals surface area contributed by atoms with Crippen LogP contribution in [0, 0.1) is 0 Å². The topological polar surface area (TPSA) is 53.5 Å². The summed E-state index contributed by atoms with van der Waals surface area (Å²) in [7, 11) is 0. The van der Waals surface area contributed by atoms with Gasteiger partial charge >= 0.3 is 0 Å². The second-order valence-corrected chi connectivity index (χ2v) is 7.03. The Balaban J connectivity index is 2.32. The molecule has 1 heterocycles. The van der Waals surface area contributed by atoms with Gasteiger partial charge in [0, 0.05) is 23.3 Å². The Bertz CT molecular complexity index is 336. The van der Waals surface area contributed by atoms with E-state index in [9.17, 15) is 4.79 Å². The molecular formula is C13H25N3OS. The average Bonchev–Trinajstić information content (AvgIpc) is 2.59. The predicted octanol–water partition coefficient (Wildman–Crippen LogP) is 2.15. The van der Waals surface area contributed by atoms with Crippen LogP contribution in [0.2, 0.25) is 0 Å². The van der Waals surface area contributed by atoms with Gasteiger partial charge in [-0.05, 0) is 34.1 Å². The summed E-state index contributed by atoms with van der Waals surface area (Å²) in [4.78, 5) is 16.1. The first-order valence-electron chi connectivity index (χ1n) is 6.50. The highest BCUT2D eigenvalue weighted by Crippen LogP contribution is 2.25. The van der Waals surface area contributed by atoms with Crippen LogP contribution < -0.4 is 10.6 Å². The molecule has 104 valence electrons. The van der Waals surface area contributed by atoms with Crippen LogP contribution in [0.15, 0.2) is 4.99 Å². The lowest BCUT2D eigenvalue weighted by molar-refractivity contribution is -0.122. The summed E-state index contributed by atoms with van der Waals surface area (Å²) in [6, 6.07) is 0. The Hall–Kier alpha value is -0.710. The molecule has 1 aliphatic rings. The fourth-order valence-corrected chi connectivity index (χ4v) is 2.81. The van der Waals surface area contributed by atoms with Crippen molar-refractivity contribution < 1.29 is 4.79 Å². The minimum absolute atomic E-state index is 0.0631. The first-order valence-corrected chi connectivity index (χ1v) is 7.49. The third kappa shape index (κ3) is 5.29. The molecule has 0 aromatic carbocycles. The zero-order valence-corrected chi connectivity index (χ0v) is 12.9. The van der Waals surface area contributed by atoms with Crippen molar-refractivity contribution in [1.29, 1.82) is 0 Å². The summed E-state index contributed by atoms with van der Waals surface area (Å²) >= 11 is 1.75. The number of rotatable bonds is 4. The molecule has 1 atom stereocenters. The van der Waals surface area contributed by atoms with E-state index in [0.29, 0.717) is 13.0 Å². The van der Waals surface area contributed by atoms with Crippen molar-refractivity contribution in [3.63, 3.8) is 0 Å². The molecule has 4 nitrogen and oxygen atoms in total. The van der Waals surface area contributed by atoms with Crippen molar-refractivity contribution in [2.45, 2.75) is 58.5 Å². The zero-order valence-electron chi connectivity index (χ0n) is 12.1. The van der Waals surface area contributed by atoms with E-state index in [1.54, 1.807) is 11.8 Å². The smallest absolute Gasteiger partial charge is 0.222 e. The molecule has 1 rings (SSSR count). The lowest BCUT2D eigenvalue weighted by Crippen LogP contribution is -2.41. The monoisotopic (exact) mass is 271 g/mol. The van der Waals surface area contributed by atoms with Crippen LogP contribution in [0.3, 0.4) is 0 Å². The van der Waals surface area contributed by atoms with E-state index in [1.165, 1.54) is 0 Å². The lowest BCUT2D eigenvalue weighted by atomic mass is 10.0. The standard InChI is InChI=1S/C13H25N3OS/c1-6-13(5)9-18-11(16-13)14-8-7-10(17)15-12(2,3)4/h6-9H2,1-5H3,(H,14,16)(H,15,17). The van der Waals surface area contributed by atoms with Crippen LogP contribution in [0.1, 0.15) is 47.5 Å². The van der Waals surface area contributed by atoms with E-state index in [-0.39, 0.29) is 17.0 Å². The van der Waals surface area contributed by atoms with Crippen molar-refractivity contribution in [3.05, 3.63) is 0 Å². The molecular weight excluding hydrogens is 246 g/mol. The van der Waals surface area contributed by atoms with Gasteiger partial charge in [-0.3, -0.25) is 9.79 Å². The van der Waals surface area contributed by atoms with Crippen LogP contribution in [0.25, 0.3) is 0 Å². The van der Waals surface area contributed by atoms with Crippen molar-refractivity contribution >= 4 is 22.8 Å². The molecule has 0 spiro atoms. The summed E-state index contributed by atoms with van der Waals surface area (Å²) in [5.74, 6) is 1.12. The van der Waals surface area contributed by atoms with Crippen molar-refractivity contribution in [2.75, 3.05) is 12.3 Å². The maximum atomic E-state index is 11.6. The molecule has 5 heteroatoms. The number of amides is 1. The van der Waals surface area contributed by atoms with Gasteiger partial charge in [-0.2, -0.15) is 0 Å². The predicted molar refractivity (Wildman–Crippen MR) is 79.1 cm³/mol. The Morgan fingerprint density at radius 3 is 2.72 bits per heavy atom. The molecule has 0 radical (unpaired) electrons. The van der Waals surface area contributed by atoms with Gasteiger partial charge in [-0.1, -0.05) is 18.7 Å². The number of nitrogens with one attached hydrogen (secondary N) is 2. The van der Waals surface area contributed by atoms with Gasteiger partial charge in [-0.25, -0.2) is 0 Å². The Morgan fingerprint density at radius 1 is 1.56 bits per heavy atom. The van der Waals surface area contributed by atoms with Gasteiger partial charge in [0.15, 0.2) is 5.17 Å². The number of amidine groups is 1. The van der Waals surface area contributed by atoms with Gasteiger partial charge in [0.1, 0.15) is 0 Å². The number of carbonyl (C=O) groups excluding carboxylic acids is 1. The molecule has 0 saturated carbocycles. The Labute approximate surface area is 114 Å². The van der Waals surface area contributed by atoms with Crippen molar-refractivity contribution in [1.82, 2.24) is 10.6 Å². The molecule has 0 bridgehead atoms. The second-order valence-electron chi connectivity index (χ2n) is 6.06. The Morgan fingerprint density at radius 2 is 2.22 bits per heavy atom. The maximum absolute atomic E-state index is 11.6. The highest BCUT2D eigenvalue weighted by atomic mass is 32.2. The molecule has 0 aliphatic carbocycles. The lowest BCUT2D eigenvalue weighted by Gasteiger charge is -2.21. The van der Waals surface area contributed by atoms with Crippen molar-refractivity contribution in [2.24, 2.45) is 4.99 Å². The molecule has 1 saturated heterocycles. The summed E-state index contributed by atoms with van der Waals surface area (Å²) < 4.78 is 0. The fourth-order valence-electron chi connectivity index (χ4n) is 1.57. The number of aliphatic imine (C=N–C) groups is 1. The Kier molecular flexibility index (Phi) is 5.08. The van der Waals surface area contributed by atoms with Crippen LogP contribution in [-0.2, 0) is 4.79 Å². The van der Waals surface area contributed by atoms with Crippen LogP contribution in [0.4, 0.5) is 0 Å². The normalized spacial score (nSPS) is 26.2. The fraction of sp³-hybridized carbons (Fsp3) is 0.846. The van der Waals surface area contributed by atoms with E-state index < -0.39 is 0 Å². The van der Waals surface area contributed by atoms with Gasteiger partial charge in [0.2, 0.25) is 5.91 Å². The summed E-state index contributed by atoms with van der Waals surface area (Å²) in [6.07, 6.45) is 1.54. The van der Waals surface area contributed by atoms with Crippen LogP contribution in [-0.4, -0.2) is 34.5 Å². The maximum Gasteiger partial charge on any atom is 0.222 e.